The van der Waals surface area contributed by atoms with E-state index in [-0.39, 0.29) is 11.7 Å². The molecule has 0 amide bonds. The normalized spacial score (nSPS) is 14.4. The van der Waals surface area contributed by atoms with E-state index in [0.717, 1.165) is 59.0 Å². The summed E-state index contributed by atoms with van der Waals surface area (Å²) in [6.07, 6.45) is 6.32. The number of nitrogens with one attached hydrogen (secondary N) is 1. The number of nitrogens with zero attached hydrogens (tertiary/aromatic N) is 6. The Labute approximate surface area is 238 Å². The van der Waals surface area contributed by atoms with Crippen molar-refractivity contribution in [2.75, 3.05) is 25.0 Å². The van der Waals surface area contributed by atoms with Gasteiger partial charge in [-0.2, -0.15) is 9.47 Å². The number of hydrogen-bond acceptors (Lipinski definition) is 10. The maximum absolute atomic E-state index is 13.5. The number of halogens is 1. The number of carbonyl (C=O) groups is 1. The molecule has 5 heterocycles. The average Bonchev–Trinajstić information content (AvgIpc) is 3.62. The van der Waals surface area contributed by atoms with E-state index in [4.69, 9.17) is 9.72 Å². The number of carbonyl (C=O) groups excluding carboxylic acids is 1. The fourth-order valence-electron chi connectivity index (χ4n) is 4.65. The number of aryl methyl sites for hydroxylation is 1. The number of fused-ring (bicyclic) bond motifs is 1. The summed E-state index contributed by atoms with van der Waals surface area (Å²) in [6, 6.07) is 13.9. The van der Waals surface area contributed by atoms with Crippen LogP contribution in [0.2, 0.25) is 0 Å². The van der Waals surface area contributed by atoms with Crippen LogP contribution in [0.25, 0.3) is 5.52 Å². The largest absolute Gasteiger partial charge is 0.453 e. The van der Waals surface area contributed by atoms with E-state index in [2.05, 4.69) is 43.7 Å². The highest BCUT2D eigenvalue weighted by Gasteiger charge is 2.24. The number of anilines is 2. The van der Waals surface area contributed by atoms with Crippen LogP contribution in [-0.4, -0.2) is 54.8 Å². The van der Waals surface area contributed by atoms with Gasteiger partial charge in [-0.3, -0.25) is 4.90 Å². The molecule has 1 aliphatic rings. The third kappa shape index (κ3) is 5.98. The fourth-order valence-corrected chi connectivity index (χ4v) is 6.29. The van der Waals surface area contributed by atoms with Crippen molar-refractivity contribution in [3.8, 4) is 11.5 Å². The molecule has 0 aliphatic carbocycles. The number of piperidine rings is 1. The molecule has 6 rings (SSSR count). The quantitative estimate of drug-likeness (QED) is 0.209. The summed E-state index contributed by atoms with van der Waals surface area (Å²) >= 11 is 2.80. The van der Waals surface area contributed by atoms with Crippen molar-refractivity contribution in [1.29, 1.82) is 0 Å². The lowest BCUT2D eigenvalue weighted by molar-refractivity contribution is -0.109. The van der Waals surface area contributed by atoms with E-state index < -0.39 is 0 Å². The van der Waals surface area contributed by atoms with Gasteiger partial charge in [0.2, 0.25) is 5.13 Å². The van der Waals surface area contributed by atoms with Crippen LogP contribution in [0.3, 0.4) is 0 Å². The molecule has 40 heavy (non-hydrogen) atoms. The highest BCUT2D eigenvalue weighted by Crippen LogP contribution is 2.37. The number of likely N-dealkylation sites (tertiary alicyclic amines) is 1. The van der Waals surface area contributed by atoms with Crippen molar-refractivity contribution >= 4 is 46.0 Å². The maximum atomic E-state index is 13.5. The highest BCUT2D eigenvalue weighted by atomic mass is 32.2. The van der Waals surface area contributed by atoms with Crippen LogP contribution in [0.5, 0.6) is 11.5 Å². The number of aldehydes is 1. The van der Waals surface area contributed by atoms with E-state index in [1.54, 1.807) is 24.5 Å². The molecule has 9 nitrogen and oxygen atoms in total. The molecule has 0 spiro atoms. The second kappa shape index (κ2) is 11.7. The van der Waals surface area contributed by atoms with E-state index in [1.165, 1.54) is 35.4 Å². The molecule has 1 N–H and O–H groups in total. The monoisotopic (exact) mass is 575 g/mol. The van der Waals surface area contributed by atoms with Crippen LogP contribution in [0.1, 0.15) is 30.1 Å². The third-order valence-corrected chi connectivity index (χ3v) is 8.26. The predicted octanol–water partition coefficient (Wildman–Crippen LogP) is 6.09. The number of benzene rings is 1. The molecular formula is C28H26FN7O2S2. The summed E-state index contributed by atoms with van der Waals surface area (Å²) in [4.78, 5) is 23.2. The Morgan fingerprint density at radius 2 is 2.00 bits per heavy atom. The molecule has 0 atom stereocenters. The predicted molar refractivity (Wildman–Crippen MR) is 152 cm³/mol. The molecule has 1 saturated heterocycles. The van der Waals surface area contributed by atoms with E-state index in [0.29, 0.717) is 29.0 Å². The lowest BCUT2D eigenvalue weighted by Crippen LogP contribution is -2.34. The van der Waals surface area contributed by atoms with Crippen LogP contribution >= 0.6 is 23.3 Å². The number of aromatic nitrogens is 5. The summed E-state index contributed by atoms with van der Waals surface area (Å²) in [5.74, 6) is 2.15. The lowest BCUT2D eigenvalue weighted by atomic mass is 9.96. The Kier molecular flexibility index (Phi) is 7.71. The van der Waals surface area contributed by atoms with Crippen LogP contribution < -0.4 is 10.1 Å². The Hall–Kier alpha value is -3.87. The van der Waals surface area contributed by atoms with Crippen LogP contribution in [-0.2, 0) is 4.79 Å². The number of rotatable bonds is 9. The lowest BCUT2D eigenvalue weighted by Gasteiger charge is -2.28. The Morgan fingerprint density at radius 3 is 2.80 bits per heavy atom. The number of hydrogen-bond donors (Lipinski definition) is 1. The van der Waals surface area contributed by atoms with Gasteiger partial charge in [0.1, 0.15) is 28.7 Å². The summed E-state index contributed by atoms with van der Waals surface area (Å²) in [5.41, 5.74) is 2.14. The van der Waals surface area contributed by atoms with Gasteiger partial charge >= 0.3 is 0 Å². The van der Waals surface area contributed by atoms with E-state index in [1.807, 2.05) is 16.6 Å². The molecular weight excluding hydrogens is 549 g/mol. The summed E-state index contributed by atoms with van der Waals surface area (Å²) in [5, 5.41) is 9.27. The van der Waals surface area contributed by atoms with Crippen LogP contribution in [0.15, 0.2) is 70.8 Å². The molecule has 1 fully saturated rings. The SMILES string of the molecule is Cc1cc(Sc2cnc(Nc3nc(C4CCN(CC=O)CC4)ns3)c(Oc3ccc(F)cc3)c2)n2nccc2c1. The molecule has 0 unspecified atom stereocenters. The van der Waals surface area contributed by atoms with Crippen molar-refractivity contribution in [3.63, 3.8) is 0 Å². The highest BCUT2D eigenvalue weighted by molar-refractivity contribution is 7.99. The van der Waals surface area contributed by atoms with Gasteiger partial charge in [0.05, 0.1) is 18.3 Å². The fraction of sp³-hybridized carbons (Fsp3) is 0.250. The topological polar surface area (TPSA) is 97.5 Å². The molecule has 1 aliphatic heterocycles. The van der Waals surface area contributed by atoms with Gasteiger partial charge < -0.3 is 14.8 Å². The van der Waals surface area contributed by atoms with E-state index >= 15 is 0 Å². The Bertz CT molecular complexity index is 1630. The molecule has 5 aromatic rings. The molecule has 0 radical (unpaired) electrons. The standard InChI is InChI=1S/C28H26FN7O2S2/c1-18-14-21-6-9-31-36(21)25(15-18)39-23-16-24(38-22-4-2-20(29)3-5-22)27(30-17-23)33-28-32-26(34-40-28)19-7-10-35(11-8-19)12-13-37/h2-6,9,13-17,19H,7-8,10-12H2,1H3,(H,30,32,33,34). The molecule has 12 heteroatoms. The Balaban J connectivity index is 1.25. The van der Waals surface area contributed by atoms with Crippen LogP contribution in [0, 0.1) is 12.7 Å². The van der Waals surface area contributed by atoms with Gasteiger partial charge in [0.15, 0.2) is 11.6 Å². The van der Waals surface area contributed by atoms with Gasteiger partial charge in [0, 0.05) is 34.6 Å². The van der Waals surface area contributed by atoms with Gasteiger partial charge in [-0.1, -0.05) is 11.8 Å². The van der Waals surface area contributed by atoms with Gasteiger partial charge in [-0.15, -0.1) is 0 Å². The summed E-state index contributed by atoms with van der Waals surface area (Å²) in [6.45, 7) is 4.23. The number of pyridine rings is 2. The molecule has 0 saturated carbocycles. The smallest absolute Gasteiger partial charge is 0.208 e. The van der Waals surface area contributed by atoms with Crippen LogP contribution in [0.4, 0.5) is 15.3 Å². The minimum atomic E-state index is -0.339. The van der Waals surface area contributed by atoms with Gasteiger partial charge in [-0.25, -0.2) is 18.9 Å². The third-order valence-electron chi connectivity index (χ3n) is 6.65. The summed E-state index contributed by atoms with van der Waals surface area (Å²) < 4.78 is 26.2. The first-order chi connectivity index (χ1) is 19.5. The van der Waals surface area contributed by atoms with E-state index in [9.17, 15) is 9.18 Å². The average molecular weight is 576 g/mol. The minimum Gasteiger partial charge on any atom is -0.453 e. The second-order valence-electron chi connectivity index (χ2n) is 9.54. The van der Waals surface area contributed by atoms with Gasteiger partial charge in [-0.05, 0) is 80.9 Å². The Morgan fingerprint density at radius 1 is 1.18 bits per heavy atom. The first kappa shape index (κ1) is 26.4. The van der Waals surface area contributed by atoms with Crippen molar-refractivity contribution in [3.05, 3.63) is 78.1 Å². The van der Waals surface area contributed by atoms with Crippen molar-refractivity contribution in [2.45, 2.75) is 35.6 Å². The number of ether oxygens (including phenoxy) is 1. The summed E-state index contributed by atoms with van der Waals surface area (Å²) in [7, 11) is 0. The van der Waals surface area contributed by atoms with Crippen molar-refractivity contribution < 1.29 is 13.9 Å². The minimum absolute atomic E-state index is 0.254. The molecule has 4 aromatic heterocycles. The molecule has 1 aromatic carbocycles. The first-order valence-corrected chi connectivity index (χ1v) is 14.5. The zero-order valence-corrected chi connectivity index (χ0v) is 23.3. The van der Waals surface area contributed by atoms with Crippen molar-refractivity contribution in [2.24, 2.45) is 0 Å². The second-order valence-corrected chi connectivity index (χ2v) is 11.4. The first-order valence-electron chi connectivity index (χ1n) is 12.9. The zero-order valence-electron chi connectivity index (χ0n) is 21.7. The molecule has 204 valence electrons. The van der Waals surface area contributed by atoms with Crippen molar-refractivity contribution in [1.82, 2.24) is 28.9 Å². The van der Waals surface area contributed by atoms with Gasteiger partial charge in [0.25, 0.3) is 0 Å². The maximum Gasteiger partial charge on any atom is 0.208 e. The molecule has 0 bridgehead atoms. The zero-order chi connectivity index (χ0) is 27.5.